The smallest absolute Gasteiger partial charge is 0.118 e. The quantitative estimate of drug-likeness (QED) is 0.219. The van der Waals surface area contributed by atoms with E-state index in [1.165, 1.54) is 49.4 Å². The zero-order chi connectivity index (χ0) is 50.6. The summed E-state index contributed by atoms with van der Waals surface area (Å²) in [6.45, 7) is 4.27. The Morgan fingerprint density at radius 3 is 1.03 bits per heavy atom. The van der Waals surface area contributed by atoms with Gasteiger partial charge >= 0.3 is 0 Å². The van der Waals surface area contributed by atoms with E-state index in [1.54, 1.807) is 39.4 Å². The van der Waals surface area contributed by atoms with E-state index in [4.69, 9.17) is 18.9 Å². The number of aryl methyl sites for hydroxylation is 2. The van der Waals surface area contributed by atoms with Crippen LogP contribution in [0.4, 0.5) is 0 Å². The van der Waals surface area contributed by atoms with Crippen LogP contribution in [0.2, 0.25) is 0 Å². The van der Waals surface area contributed by atoms with Gasteiger partial charge in [0.15, 0.2) is 0 Å². The first-order chi connectivity index (χ1) is 33.9. The summed E-state index contributed by atoms with van der Waals surface area (Å²) >= 11 is 0. The van der Waals surface area contributed by atoms with Crippen LogP contribution in [0.25, 0.3) is 0 Å². The Morgan fingerprint density at radius 2 is 0.686 bits per heavy atom. The molecule has 9 rings (SSSR count). The molecule has 0 fully saturated rings. The van der Waals surface area contributed by atoms with Crippen molar-refractivity contribution < 1.29 is 18.9 Å². The van der Waals surface area contributed by atoms with Crippen LogP contribution >= 0.6 is 0 Å². The second kappa shape index (κ2) is 30.1. The van der Waals surface area contributed by atoms with Crippen molar-refractivity contribution >= 4 is 94.5 Å². The van der Waals surface area contributed by atoms with Gasteiger partial charge in [-0.05, 0) is 89.5 Å². The van der Waals surface area contributed by atoms with E-state index in [0.29, 0.717) is 31.4 Å². The minimum Gasteiger partial charge on any atom is -0.500 e. The van der Waals surface area contributed by atoms with Crippen LogP contribution in [-0.2, 0) is 0 Å². The fourth-order valence-corrected chi connectivity index (χ4v) is 6.79. The van der Waals surface area contributed by atoms with Crippen molar-refractivity contribution in [2.24, 2.45) is 0 Å². The molecule has 0 amide bonds. The average molecular weight is 922 g/mol. The van der Waals surface area contributed by atoms with E-state index >= 15 is 0 Å². The average Bonchev–Trinajstić information content (AvgIpc) is 3.41. The first-order valence-electron chi connectivity index (χ1n) is 21.3. The number of hydrogen-bond acceptors (Lipinski definition) is 4. The minimum atomic E-state index is -1.22. The molecule has 0 radical (unpaired) electrons. The van der Waals surface area contributed by atoms with Gasteiger partial charge in [0.1, 0.15) is 23.4 Å². The topological polar surface area (TPSA) is 36.9 Å². The molecule has 0 heterocycles. The first-order valence-corrected chi connectivity index (χ1v) is 21.3. The maximum Gasteiger partial charge on any atom is 0.118 e. The monoisotopic (exact) mass is 923 g/mol. The molecule has 9 aromatic rings. The van der Waals surface area contributed by atoms with Crippen LogP contribution in [0.3, 0.4) is 0 Å². The molecule has 360 valence electrons. The number of methoxy groups -OCH3 is 4. The molecule has 0 aliphatic rings. The Kier molecular flexibility index (Phi) is 23.8. The molecular formula is C60H72B6O4-6. The Morgan fingerprint density at radius 1 is 0.300 bits per heavy atom. The van der Waals surface area contributed by atoms with Crippen molar-refractivity contribution in [1.82, 2.24) is 0 Å². The summed E-state index contributed by atoms with van der Waals surface area (Å²) < 4.78 is 20.2. The summed E-state index contributed by atoms with van der Waals surface area (Å²) in [7, 11) is 8.59. The van der Waals surface area contributed by atoms with Gasteiger partial charge in [0, 0.05) is 0 Å². The van der Waals surface area contributed by atoms with Crippen LogP contribution < -0.4 is 68.1 Å². The van der Waals surface area contributed by atoms with E-state index in [2.05, 4.69) is 208 Å². The summed E-state index contributed by atoms with van der Waals surface area (Å²) in [5.41, 5.74) is 15.7. The fourth-order valence-electron chi connectivity index (χ4n) is 6.79. The predicted octanol–water partition coefficient (Wildman–Crippen LogP) is 2.10. The Labute approximate surface area is 424 Å². The Hall–Kier alpha value is -7.43. The highest BCUT2D eigenvalue weighted by atomic mass is 16.5. The molecular weight excluding hydrogens is 850 g/mol. The molecule has 0 saturated heterocycles. The van der Waals surface area contributed by atoms with Crippen molar-refractivity contribution in [2.75, 3.05) is 28.4 Å². The summed E-state index contributed by atoms with van der Waals surface area (Å²) in [5.74, 6) is 3.99. The van der Waals surface area contributed by atoms with Crippen LogP contribution in [0.15, 0.2) is 237 Å². The zero-order valence-corrected chi connectivity index (χ0v) is 38.2. The molecule has 0 bridgehead atoms. The first kappa shape index (κ1) is 55.2. The molecule has 0 N–H and O–H groups in total. The van der Waals surface area contributed by atoms with Gasteiger partial charge in [-0.3, -0.25) is 0 Å². The highest BCUT2D eigenvalue weighted by molar-refractivity contribution is 7.19. The molecule has 4 nitrogen and oxygen atoms in total. The molecule has 0 aromatic heterocycles. The van der Waals surface area contributed by atoms with Gasteiger partial charge in [0.2, 0.25) is 0 Å². The van der Waals surface area contributed by atoms with Crippen LogP contribution in [0.5, 0.6) is 23.0 Å². The number of benzene rings is 9. The molecule has 70 heavy (non-hydrogen) atoms. The summed E-state index contributed by atoms with van der Waals surface area (Å²) in [5, 5.41) is 0. The molecule has 10 heteroatoms. The van der Waals surface area contributed by atoms with Crippen molar-refractivity contribution in [3.63, 3.8) is 0 Å². The third-order valence-corrected chi connectivity index (χ3v) is 9.97. The highest BCUT2D eigenvalue weighted by Gasteiger charge is 2.31. The SMILES string of the molecule is [BH3-]c1ccc(C)cc1.[BH3-]c1ccc(OC)cc1.[BH3-]c1ccc(OC)cc1C.[BH3-]c1cccc(OC)c1.[BH3-]c1ccccc1OC.c1ccc([B-](c2ccccc2)(c2ccccc2)c2ccccc2)cc1. The van der Waals surface area contributed by atoms with Gasteiger partial charge in [0.05, 0.1) is 34.2 Å². The van der Waals surface area contributed by atoms with Gasteiger partial charge in [-0.1, -0.05) is 211 Å². The number of hydrogen-bond donors (Lipinski definition) is 0. The fraction of sp³-hybridized carbons (Fsp3) is 0.100. The van der Waals surface area contributed by atoms with Crippen LogP contribution in [-0.4, -0.2) is 73.8 Å². The van der Waals surface area contributed by atoms with Crippen molar-refractivity contribution in [1.29, 1.82) is 0 Å². The zero-order valence-electron chi connectivity index (χ0n) is 38.2. The van der Waals surface area contributed by atoms with Crippen molar-refractivity contribution in [3.8, 4) is 23.0 Å². The van der Waals surface area contributed by atoms with Crippen LogP contribution in [0.1, 0.15) is 11.1 Å². The third-order valence-electron chi connectivity index (χ3n) is 9.97. The summed E-state index contributed by atoms with van der Waals surface area (Å²) in [4.78, 5) is 0. The largest absolute Gasteiger partial charge is 0.500 e. The maximum absolute atomic E-state index is 5.11. The number of para-hydroxylation sites is 1. The molecule has 0 unspecified atom stereocenters. The molecule has 0 aliphatic heterocycles. The van der Waals surface area contributed by atoms with Gasteiger partial charge in [-0.2, -0.15) is 27.3 Å². The lowest BCUT2D eigenvalue weighted by Crippen LogP contribution is -2.74. The predicted molar refractivity (Wildman–Crippen MR) is 326 cm³/mol. The summed E-state index contributed by atoms with van der Waals surface area (Å²) in [6, 6.07) is 83.5. The minimum absolute atomic E-state index is 0.287. The van der Waals surface area contributed by atoms with Gasteiger partial charge in [-0.25, -0.2) is 21.9 Å². The highest BCUT2D eigenvalue weighted by Crippen LogP contribution is 2.11. The van der Waals surface area contributed by atoms with E-state index in [1.807, 2.05) is 42.5 Å². The molecule has 0 atom stereocenters. The second-order valence-corrected chi connectivity index (χ2v) is 14.3. The van der Waals surface area contributed by atoms with E-state index < -0.39 is 6.15 Å². The number of ether oxygens (including phenoxy) is 4. The third kappa shape index (κ3) is 17.6. The second-order valence-electron chi connectivity index (χ2n) is 14.3. The lowest BCUT2D eigenvalue weighted by Gasteiger charge is -2.44. The normalized spacial score (nSPS) is 9.93. The standard InChI is InChI=1S/C24H20B.C8H12BO.3C7H10BO.C7H10B/c1-5-13-21(14-6-1)25(22-15-7-2-8-16-22,23-17-9-3-10-18-23)24-19-11-4-12-20-24;1-6-5-7(10-2)3-4-8(6)9;1-9-7-4-2-6(8)3-5-7;1-9-7-4-2-3-6(8)5-7;1-9-7-5-3-2-4-6(7)8;1-6-2-4-7(8)5-3-6/h1-20H;3-5H,1-2,9H3;3*2-5H,1,8H3;2-5H,1,8H3/q6*-1. The van der Waals surface area contributed by atoms with Crippen LogP contribution in [0, 0.1) is 13.8 Å². The lowest BCUT2D eigenvalue weighted by atomic mass is 9.13. The molecule has 0 aliphatic carbocycles. The number of rotatable bonds is 8. The van der Waals surface area contributed by atoms with E-state index in [9.17, 15) is 0 Å². The van der Waals surface area contributed by atoms with E-state index in [0.717, 1.165) is 23.0 Å². The molecule has 9 aromatic carbocycles. The molecule has 0 saturated carbocycles. The van der Waals surface area contributed by atoms with Gasteiger partial charge < -0.3 is 18.9 Å². The lowest BCUT2D eigenvalue weighted by molar-refractivity contribution is 0.414. The molecule has 0 spiro atoms. The van der Waals surface area contributed by atoms with E-state index in [-0.39, 0.29) is 7.85 Å². The van der Waals surface area contributed by atoms with Gasteiger partial charge in [0.25, 0.3) is 0 Å². The summed E-state index contributed by atoms with van der Waals surface area (Å²) in [6.07, 6.45) is -1.22. The van der Waals surface area contributed by atoms with Crippen molar-refractivity contribution in [2.45, 2.75) is 13.8 Å². The Bertz CT molecular complexity index is 2630. The van der Waals surface area contributed by atoms with Gasteiger partial charge in [-0.15, -0.1) is 0 Å². The maximum atomic E-state index is 5.11. The van der Waals surface area contributed by atoms with Crippen molar-refractivity contribution in [3.05, 3.63) is 248 Å². The Balaban J connectivity index is 0.000000199.